The van der Waals surface area contributed by atoms with Gasteiger partial charge in [-0.05, 0) is 28.8 Å². The van der Waals surface area contributed by atoms with Gasteiger partial charge in [-0.2, -0.15) is 0 Å². The summed E-state index contributed by atoms with van der Waals surface area (Å²) >= 11 is 0. The Labute approximate surface area is 103 Å². The van der Waals surface area contributed by atoms with Gasteiger partial charge in [0.25, 0.3) is 0 Å². The van der Waals surface area contributed by atoms with E-state index < -0.39 is 14.9 Å². The molecule has 0 radical (unpaired) electrons. The second kappa shape index (κ2) is 4.59. The molecule has 3 N–H and O–H groups in total. The first-order valence-corrected chi connectivity index (χ1v) is 6.75. The molecule has 1 aliphatic carbocycles. The first kappa shape index (κ1) is 12.9. The van der Waals surface area contributed by atoms with Crippen LogP contribution in [-0.4, -0.2) is 30.4 Å². The molecule has 0 unspecified atom stereocenters. The molecule has 0 aliphatic heterocycles. The number of rotatable bonds is 4. The Morgan fingerprint density at radius 1 is 1.44 bits per heavy atom. The van der Waals surface area contributed by atoms with E-state index in [0.29, 0.717) is 12.8 Å². The van der Waals surface area contributed by atoms with Gasteiger partial charge in [0.1, 0.15) is 4.90 Å². The lowest BCUT2D eigenvalue weighted by atomic mass is 9.89. The number of aromatic nitrogens is 1. The Bertz CT molecular complexity index is 550. The predicted molar refractivity (Wildman–Crippen MR) is 62.2 cm³/mol. The van der Waals surface area contributed by atoms with Crippen molar-refractivity contribution < 1.29 is 13.3 Å². The first-order valence-electron chi connectivity index (χ1n) is 5.27. The molecule has 98 valence electrons. The van der Waals surface area contributed by atoms with E-state index in [1.54, 1.807) is 0 Å². The highest BCUT2D eigenvalue weighted by atomic mass is 32.2. The molecule has 18 heavy (non-hydrogen) atoms. The minimum atomic E-state index is -3.68. The predicted octanol–water partition coefficient (Wildman–Crippen LogP) is -0.242. The molecule has 0 bridgehead atoms. The number of hydrogen-bond donors (Lipinski definition) is 2. The molecule has 1 aromatic rings. The molecule has 2 rings (SSSR count). The molecular formula is C9H12N4O4S. The maximum atomic E-state index is 11.9. The summed E-state index contributed by atoms with van der Waals surface area (Å²) < 4.78 is 26.2. The molecule has 9 heteroatoms. The number of sulfonamides is 1. The van der Waals surface area contributed by atoms with Crippen LogP contribution < -0.4 is 10.5 Å². The van der Waals surface area contributed by atoms with Gasteiger partial charge in [-0.3, -0.25) is 0 Å². The van der Waals surface area contributed by atoms with E-state index in [0.717, 1.165) is 18.3 Å². The highest BCUT2D eigenvalue weighted by Crippen LogP contribution is 2.20. The zero-order valence-corrected chi connectivity index (χ0v) is 10.1. The summed E-state index contributed by atoms with van der Waals surface area (Å²) in [5.74, 6) is -0.389. The van der Waals surface area contributed by atoms with Gasteiger partial charge in [0, 0.05) is 18.2 Å². The normalized spacial score (nSPS) is 23.4. The summed E-state index contributed by atoms with van der Waals surface area (Å²) in [6.07, 6.45) is 2.17. The molecular weight excluding hydrogens is 260 g/mol. The number of hydrogen-bond acceptors (Lipinski definition) is 6. The Hall–Kier alpha value is -1.58. The lowest BCUT2D eigenvalue weighted by Gasteiger charge is -2.32. The SMILES string of the molecule is NC1CC(NS(=O)(=O)c2ccc([N+](=O)[O-])nc2)C1. The van der Waals surface area contributed by atoms with Crippen LogP contribution in [0.1, 0.15) is 12.8 Å². The fraction of sp³-hybridized carbons (Fsp3) is 0.444. The lowest BCUT2D eigenvalue weighted by molar-refractivity contribution is -0.389. The Balaban J connectivity index is 2.12. The standard InChI is InChI=1S/C9H12N4O4S/c10-6-3-7(4-6)12-18(16,17)8-1-2-9(11-5-8)13(14)15/h1-2,5-7,12H,3-4,10H2. The van der Waals surface area contributed by atoms with Gasteiger partial charge in [0.15, 0.2) is 6.20 Å². The van der Waals surface area contributed by atoms with E-state index in [-0.39, 0.29) is 22.8 Å². The monoisotopic (exact) mass is 272 g/mol. The third-order valence-corrected chi connectivity index (χ3v) is 4.22. The van der Waals surface area contributed by atoms with Gasteiger partial charge in [-0.1, -0.05) is 0 Å². The van der Waals surface area contributed by atoms with Crippen LogP contribution in [0.25, 0.3) is 0 Å². The van der Waals surface area contributed by atoms with Crippen molar-refractivity contribution in [1.29, 1.82) is 0 Å². The van der Waals surface area contributed by atoms with Crippen LogP contribution in [0.5, 0.6) is 0 Å². The van der Waals surface area contributed by atoms with Gasteiger partial charge in [0.2, 0.25) is 10.0 Å². The molecule has 1 fully saturated rings. The number of nitro groups is 1. The average molecular weight is 272 g/mol. The molecule has 0 aromatic carbocycles. The maximum Gasteiger partial charge on any atom is 0.363 e. The molecule has 1 aromatic heterocycles. The third-order valence-electron chi connectivity index (χ3n) is 2.71. The summed E-state index contributed by atoms with van der Waals surface area (Å²) in [6, 6.07) is 2.08. The summed E-state index contributed by atoms with van der Waals surface area (Å²) in [4.78, 5) is 13.1. The van der Waals surface area contributed by atoms with Crippen LogP contribution in [0, 0.1) is 10.1 Å². The Kier molecular flexibility index (Phi) is 3.28. The van der Waals surface area contributed by atoms with Crippen LogP contribution in [0.3, 0.4) is 0 Å². The van der Waals surface area contributed by atoms with E-state index in [1.807, 2.05) is 0 Å². The van der Waals surface area contributed by atoms with E-state index in [2.05, 4.69) is 9.71 Å². The second-order valence-corrected chi connectivity index (χ2v) is 5.87. The number of nitrogens with two attached hydrogens (primary N) is 1. The van der Waals surface area contributed by atoms with Crippen molar-refractivity contribution in [1.82, 2.24) is 9.71 Å². The second-order valence-electron chi connectivity index (χ2n) is 4.16. The molecule has 0 spiro atoms. The van der Waals surface area contributed by atoms with Gasteiger partial charge in [0.05, 0.1) is 0 Å². The van der Waals surface area contributed by atoms with E-state index in [1.165, 1.54) is 0 Å². The minimum absolute atomic E-state index is 0.0349. The van der Waals surface area contributed by atoms with Crippen molar-refractivity contribution in [2.75, 3.05) is 0 Å². The quantitative estimate of drug-likeness (QED) is 0.575. The van der Waals surface area contributed by atoms with Gasteiger partial charge in [-0.25, -0.2) is 13.1 Å². The van der Waals surface area contributed by atoms with Crippen LogP contribution in [0.4, 0.5) is 5.82 Å². The Morgan fingerprint density at radius 2 is 2.11 bits per heavy atom. The topological polar surface area (TPSA) is 128 Å². The van der Waals surface area contributed by atoms with Crippen LogP contribution >= 0.6 is 0 Å². The van der Waals surface area contributed by atoms with Crippen LogP contribution in [-0.2, 0) is 10.0 Å². The van der Waals surface area contributed by atoms with Gasteiger partial charge >= 0.3 is 5.82 Å². The Morgan fingerprint density at radius 3 is 2.56 bits per heavy atom. The smallest absolute Gasteiger partial charge is 0.358 e. The highest BCUT2D eigenvalue weighted by Gasteiger charge is 2.30. The summed E-state index contributed by atoms with van der Waals surface area (Å²) in [6.45, 7) is 0. The van der Waals surface area contributed by atoms with Gasteiger partial charge in [-0.15, -0.1) is 0 Å². The van der Waals surface area contributed by atoms with Gasteiger partial charge < -0.3 is 15.8 Å². The molecule has 8 nitrogen and oxygen atoms in total. The molecule has 0 amide bonds. The van der Waals surface area contributed by atoms with E-state index >= 15 is 0 Å². The fourth-order valence-electron chi connectivity index (χ4n) is 1.68. The molecule has 0 saturated heterocycles. The van der Waals surface area contributed by atoms with Crippen molar-refractivity contribution >= 4 is 15.8 Å². The molecule has 1 aliphatic rings. The lowest BCUT2D eigenvalue weighted by Crippen LogP contribution is -2.50. The summed E-state index contributed by atoms with van der Waals surface area (Å²) in [5, 5.41) is 10.4. The molecule has 1 saturated carbocycles. The van der Waals surface area contributed by atoms with Crippen molar-refractivity contribution in [2.45, 2.75) is 29.8 Å². The third kappa shape index (κ3) is 2.63. The minimum Gasteiger partial charge on any atom is -0.358 e. The maximum absolute atomic E-state index is 11.9. The van der Waals surface area contributed by atoms with Crippen molar-refractivity contribution in [2.24, 2.45) is 5.73 Å². The number of pyridine rings is 1. The average Bonchev–Trinajstić information content (AvgIpc) is 2.27. The van der Waals surface area contributed by atoms with E-state index in [9.17, 15) is 18.5 Å². The largest absolute Gasteiger partial charge is 0.363 e. The summed E-state index contributed by atoms with van der Waals surface area (Å²) in [5.41, 5.74) is 5.56. The van der Waals surface area contributed by atoms with Crippen LogP contribution in [0.15, 0.2) is 23.2 Å². The van der Waals surface area contributed by atoms with Crippen molar-refractivity contribution in [3.05, 3.63) is 28.4 Å². The zero-order valence-electron chi connectivity index (χ0n) is 9.31. The zero-order chi connectivity index (χ0) is 13.3. The molecule has 1 heterocycles. The van der Waals surface area contributed by atoms with Crippen molar-refractivity contribution in [3.8, 4) is 0 Å². The number of nitrogens with one attached hydrogen (secondary N) is 1. The van der Waals surface area contributed by atoms with Crippen molar-refractivity contribution in [3.63, 3.8) is 0 Å². The highest BCUT2D eigenvalue weighted by molar-refractivity contribution is 7.89. The fourth-order valence-corrected chi connectivity index (χ4v) is 2.89. The number of nitrogens with zero attached hydrogens (tertiary/aromatic N) is 2. The summed E-state index contributed by atoms with van der Waals surface area (Å²) in [7, 11) is -3.68. The van der Waals surface area contributed by atoms with E-state index in [4.69, 9.17) is 5.73 Å². The van der Waals surface area contributed by atoms with Crippen LogP contribution in [0.2, 0.25) is 0 Å². The first-order chi connectivity index (χ1) is 8.38. The molecule has 0 atom stereocenters.